The molecule has 0 heterocycles. The van der Waals surface area contributed by atoms with Crippen molar-refractivity contribution in [1.29, 1.82) is 0 Å². The summed E-state index contributed by atoms with van der Waals surface area (Å²) in [5.41, 5.74) is 0. The summed E-state index contributed by atoms with van der Waals surface area (Å²) in [7, 11) is 1.30. The number of nitrogens with one attached hydrogen (secondary N) is 1. The van der Waals surface area contributed by atoms with E-state index in [1.54, 1.807) is 0 Å². The largest absolute Gasteiger partial charge is 0.472 e. The fourth-order valence-electron chi connectivity index (χ4n) is 7.63. The van der Waals surface area contributed by atoms with E-state index in [0.717, 1.165) is 44.4 Å². The number of nitrogens with zero attached hydrogens (tertiary/aromatic N) is 1. The molecule has 0 bridgehead atoms. The third-order valence-electron chi connectivity index (χ3n) is 11.7. The van der Waals surface area contributed by atoms with Gasteiger partial charge in [0.05, 0.1) is 39.9 Å². The van der Waals surface area contributed by atoms with Crippen molar-refractivity contribution >= 4 is 13.7 Å². The van der Waals surface area contributed by atoms with Crippen molar-refractivity contribution in [3.05, 3.63) is 0 Å². The van der Waals surface area contributed by atoms with Crippen molar-refractivity contribution in [1.82, 2.24) is 5.32 Å². The lowest BCUT2D eigenvalue weighted by Crippen LogP contribution is -2.53. The second-order valence-corrected chi connectivity index (χ2v) is 20.8. The summed E-state index contributed by atoms with van der Waals surface area (Å²) < 4.78 is 23.4. The molecule has 0 spiro atoms. The SMILES string of the molecule is CCCCCCCCCCCCCCCCCCCCCCCCC(O)C(=O)N[C@@H](COP(=O)(O)OCC[N+](C)(C)C)[C@H](O)[C@H](O)CCCCCCCCCCC(C)C. The average molecular weight is 864 g/mol. The molecule has 0 aromatic carbocycles. The number of hydrogen-bond acceptors (Lipinski definition) is 7. The average Bonchev–Trinajstić information content (AvgIpc) is 3.17. The number of unbranched alkanes of at least 4 members (excludes halogenated alkanes) is 28. The fourth-order valence-corrected chi connectivity index (χ4v) is 8.37. The van der Waals surface area contributed by atoms with Gasteiger partial charge in [0.1, 0.15) is 25.4 Å². The van der Waals surface area contributed by atoms with Gasteiger partial charge in [-0.25, -0.2) is 4.57 Å². The zero-order chi connectivity index (χ0) is 44.0. The normalized spacial score (nSPS) is 15.3. The van der Waals surface area contributed by atoms with Gasteiger partial charge in [-0.1, -0.05) is 220 Å². The smallest absolute Gasteiger partial charge is 0.390 e. The number of rotatable bonds is 45. The van der Waals surface area contributed by atoms with Crippen molar-refractivity contribution in [2.45, 2.75) is 257 Å². The summed E-state index contributed by atoms with van der Waals surface area (Å²) >= 11 is 0. The van der Waals surface area contributed by atoms with Crippen LogP contribution in [-0.4, -0.2) is 95.9 Å². The third-order valence-corrected chi connectivity index (χ3v) is 12.7. The first-order valence-electron chi connectivity index (χ1n) is 25.0. The Morgan fingerprint density at radius 1 is 0.559 bits per heavy atom. The molecule has 0 fully saturated rings. The van der Waals surface area contributed by atoms with E-state index < -0.39 is 44.7 Å². The summed E-state index contributed by atoms with van der Waals surface area (Å²) in [6.45, 7) is 6.70. The zero-order valence-electron chi connectivity index (χ0n) is 39.7. The highest BCUT2D eigenvalue weighted by Crippen LogP contribution is 2.43. The highest BCUT2D eigenvalue weighted by Gasteiger charge is 2.33. The second-order valence-electron chi connectivity index (χ2n) is 19.3. The van der Waals surface area contributed by atoms with E-state index in [0.29, 0.717) is 30.3 Å². The summed E-state index contributed by atoms with van der Waals surface area (Å²) in [4.78, 5) is 23.3. The van der Waals surface area contributed by atoms with E-state index in [1.165, 1.54) is 148 Å². The molecule has 0 aliphatic heterocycles. The molecular weight excluding hydrogens is 764 g/mol. The molecular formula is C48H100N2O8P+. The van der Waals surface area contributed by atoms with E-state index in [1.807, 2.05) is 21.1 Å². The molecule has 11 heteroatoms. The van der Waals surface area contributed by atoms with Crippen LogP contribution in [0, 0.1) is 5.92 Å². The Hall–Kier alpha value is -0.580. The first-order valence-corrected chi connectivity index (χ1v) is 26.4. The first-order chi connectivity index (χ1) is 28.2. The molecule has 0 radical (unpaired) electrons. The van der Waals surface area contributed by atoms with Gasteiger partial charge in [0, 0.05) is 0 Å². The molecule has 354 valence electrons. The predicted molar refractivity (Wildman–Crippen MR) is 247 cm³/mol. The molecule has 0 aromatic heterocycles. The Balaban J connectivity index is 4.38. The maximum atomic E-state index is 13.0. The standard InChI is InChI=1S/C48H99N2O8P/c1-7-8-9-10-11-12-13-14-15-16-17-18-19-20-21-22-23-24-25-30-33-36-39-46(52)48(54)49-44(42-58-59(55,56)57-41-40-50(4,5)6)47(53)45(51)38-35-32-29-27-26-28-31-34-37-43(2)3/h43-47,51-53H,7-42H2,1-6H3,(H-,49,54,55,56)/p+1/t44-,45+,46?,47-/m0/s1. The van der Waals surface area contributed by atoms with Gasteiger partial charge >= 0.3 is 7.82 Å². The van der Waals surface area contributed by atoms with Crippen molar-refractivity contribution < 1.29 is 43.1 Å². The topological polar surface area (TPSA) is 146 Å². The van der Waals surface area contributed by atoms with Crippen LogP contribution >= 0.6 is 7.82 Å². The van der Waals surface area contributed by atoms with Crippen molar-refractivity contribution in [2.24, 2.45) is 5.92 Å². The lowest BCUT2D eigenvalue weighted by Gasteiger charge is -2.29. The van der Waals surface area contributed by atoms with Gasteiger partial charge in [-0.15, -0.1) is 0 Å². The summed E-state index contributed by atoms with van der Waals surface area (Å²) in [6.07, 6.45) is 35.3. The Morgan fingerprint density at radius 2 is 0.915 bits per heavy atom. The van der Waals surface area contributed by atoms with Gasteiger partial charge in [-0.2, -0.15) is 0 Å². The number of phosphoric ester groups is 1. The minimum atomic E-state index is -4.49. The highest BCUT2D eigenvalue weighted by atomic mass is 31.2. The van der Waals surface area contributed by atoms with Crippen molar-refractivity contribution in [2.75, 3.05) is 40.9 Å². The van der Waals surface area contributed by atoms with Crippen LogP contribution in [-0.2, 0) is 18.4 Å². The number of aliphatic hydroxyl groups is 3. The van der Waals surface area contributed by atoms with E-state index in [9.17, 15) is 29.6 Å². The van der Waals surface area contributed by atoms with Gasteiger partial charge in [-0.05, 0) is 18.8 Å². The van der Waals surface area contributed by atoms with Crippen molar-refractivity contribution in [3.63, 3.8) is 0 Å². The molecule has 0 aromatic rings. The Bertz CT molecular complexity index is 981. The van der Waals surface area contributed by atoms with Crippen LogP contribution in [0.25, 0.3) is 0 Å². The van der Waals surface area contributed by atoms with Gasteiger partial charge in [0.2, 0.25) is 5.91 Å². The van der Waals surface area contributed by atoms with Gasteiger partial charge < -0.3 is 30.0 Å². The monoisotopic (exact) mass is 864 g/mol. The second kappa shape index (κ2) is 39.0. The molecule has 0 saturated heterocycles. The molecule has 0 rings (SSSR count). The predicted octanol–water partition coefficient (Wildman–Crippen LogP) is 11.9. The lowest BCUT2D eigenvalue weighted by molar-refractivity contribution is -0.870. The van der Waals surface area contributed by atoms with Gasteiger partial charge in [0.25, 0.3) is 0 Å². The van der Waals surface area contributed by atoms with Gasteiger partial charge in [-0.3, -0.25) is 13.8 Å². The fraction of sp³-hybridized carbons (Fsp3) is 0.979. The Morgan fingerprint density at radius 3 is 1.29 bits per heavy atom. The van der Waals surface area contributed by atoms with Crippen LogP contribution in [0.5, 0.6) is 0 Å². The molecule has 2 unspecified atom stereocenters. The number of aliphatic hydroxyl groups excluding tert-OH is 3. The number of likely N-dealkylation sites (N-methyl/N-ethyl adjacent to an activating group) is 1. The van der Waals surface area contributed by atoms with Crippen LogP contribution in [0.2, 0.25) is 0 Å². The minimum Gasteiger partial charge on any atom is -0.390 e. The molecule has 0 aliphatic rings. The number of hydrogen-bond donors (Lipinski definition) is 5. The van der Waals surface area contributed by atoms with Gasteiger partial charge in [0.15, 0.2) is 0 Å². The lowest BCUT2D eigenvalue weighted by atomic mass is 9.99. The van der Waals surface area contributed by atoms with Crippen LogP contribution in [0.4, 0.5) is 0 Å². The number of carbonyl (C=O) groups is 1. The number of carbonyl (C=O) groups excluding carboxylic acids is 1. The molecule has 59 heavy (non-hydrogen) atoms. The molecule has 5 atom stereocenters. The number of amides is 1. The molecule has 5 N–H and O–H groups in total. The zero-order valence-corrected chi connectivity index (χ0v) is 40.6. The molecule has 10 nitrogen and oxygen atoms in total. The van der Waals surface area contributed by atoms with Crippen LogP contribution < -0.4 is 5.32 Å². The van der Waals surface area contributed by atoms with E-state index in [2.05, 4.69) is 26.1 Å². The minimum absolute atomic E-state index is 0.0182. The first kappa shape index (κ1) is 58.4. The molecule has 1 amide bonds. The highest BCUT2D eigenvalue weighted by molar-refractivity contribution is 7.47. The van der Waals surface area contributed by atoms with Crippen molar-refractivity contribution in [3.8, 4) is 0 Å². The van der Waals surface area contributed by atoms with E-state index in [4.69, 9.17) is 9.05 Å². The maximum absolute atomic E-state index is 13.0. The number of quaternary nitrogens is 1. The Labute approximate surface area is 365 Å². The number of phosphoric acid groups is 1. The van der Waals surface area contributed by atoms with E-state index >= 15 is 0 Å². The van der Waals surface area contributed by atoms with Crippen LogP contribution in [0.15, 0.2) is 0 Å². The van der Waals surface area contributed by atoms with Crippen LogP contribution in [0.1, 0.15) is 233 Å². The summed E-state index contributed by atoms with van der Waals surface area (Å²) in [6, 6.07) is -1.20. The molecule has 0 aliphatic carbocycles. The summed E-state index contributed by atoms with van der Waals surface area (Å²) in [5.74, 6) is 0.0639. The van der Waals surface area contributed by atoms with E-state index in [-0.39, 0.29) is 13.0 Å². The maximum Gasteiger partial charge on any atom is 0.472 e. The Kier molecular flexibility index (Phi) is 38.7. The molecule has 0 saturated carbocycles. The van der Waals surface area contributed by atoms with Crippen LogP contribution in [0.3, 0.4) is 0 Å². The summed E-state index contributed by atoms with van der Waals surface area (Å²) in [5, 5.41) is 35.2. The quantitative estimate of drug-likeness (QED) is 0.0231. The third kappa shape index (κ3) is 40.0.